The number of aromatic amines is 1. The number of ether oxygens (including phenoxy) is 2. The molecule has 4 rings (SSSR count). The summed E-state index contributed by atoms with van der Waals surface area (Å²) < 4.78 is 10.5. The lowest BCUT2D eigenvalue weighted by Crippen LogP contribution is -2.25. The lowest BCUT2D eigenvalue weighted by molar-refractivity contribution is 0.353. The molecule has 0 radical (unpaired) electrons. The van der Waals surface area contributed by atoms with Crippen LogP contribution in [-0.2, 0) is 0 Å². The molecule has 1 aliphatic rings. The van der Waals surface area contributed by atoms with Gasteiger partial charge < -0.3 is 14.4 Å². The van der Waals surface area contributed by atoms with Crippen LogP contribution >= 0.6 is 0 Å². The minimum absolute atomic E-state index is 0.245. The molecule has 1 N–H and O–H groups in total. The summed E-state index contributed by atoms with van der Waals surface area (Å²) in [5, 5.41) is 8.27. The smallest absolute Gasteiger partial charge is 0.319 e. The van der Waals surface area contributed by atoms with Crippen LogP contribution < -0.4 is 14.4 Å². The van der Waals surface area contributed by atoms with E-state index in [1.807, 2.05) is 0 Å². The molecule has 1 aliphatic heterocycles. The molecule has 3 aromatic rings. The predicted octanol–water partition coefficient (Wildman–Crippen LogP) is 2.45. The number of fused-ring (bicyclic) bond motifs is 1. The number of hydrogen-bond acceptors (Lipinski definition) is 8. The number of anilines is 1. The van der Waals surface area contributed by atoms with E-state index < -0.39 is 0 Å². The Morgan fingerprint density at radius 2 is 2.07 bits per heavy atom. The third-order valence-corrected chi connectivity index (χ3v) is 5.42. The van der Waals surface area contributed by atoms with E-state index in [0.717, 1.165) is 42.8 Å². The molecule has 9 heteroatoms. The fourth-order valence-electron chi connectivity index (χ4n) is 3.54. The summed E-state index contributed by atoms with van der Waals surface area (Å²) in [7, 11) is 3.08. The van der Waals surface area contributed by atoms with E-state index >= 15 is 0 Å². The quantitative estimate of drug-likeness (QED) is 0.732. The minimum atomic E-state index is 0.245. The van der Waals surface area contributed by atoms with Crippen LogP contribution in [0.5, 0.6) is 11.9 Å². The molecule has 0 spiro atoms. The highest BCUT2D eigenvalue weighted by Crippen LogP contribution is 2.40. The molecule has 142 valence electrons. The Morgan fingerprint density at radius 1 is 1.22 bits per heavy atom. The van der Waals surface area contributed by atoms with Crippen LogP contribution in [0, 0.1) is 5.41 Å². The molecular weight excluding hydrogens is 346 g/mol. The third-order valence-electron chi connectivity index (χ3n) is 5.42. The van der Waals surface area contributed by atoms with Crippen LogP contribution in [0.4, 0.5) is 5.82 Å². The second-order valence-corrected chi connectivity index (χ2v) is 7.11. The fourth-order valence-corrected chi connectivity index (χ4v) is 3.54. The normalized spacial score (nSPS) is 19.6. The van der Waals surface area contributed by atoms with Crippen LogP contribution in [0.25, 0.3) is 22.3 Å². The van der Waals surface area contributed by atoms with Gasteiger partial charge in [0.25, 0.3) is 0 Å². The van der Waals surface area contributed by atoms with Gasteiger partial charge in [0.05, 0.1) is 30.9 Å². The van der Waals surface area contributed by atoms with Gasteiger partial charge in [0.2, 0.25) is 5.88 Å². The Bertz CT molecular complexity index is 973. The van der Waals surface area contributed by atoms with E-state index in [0.29, 0.717) is 22.5 Å². The van der Waals surface area contributed by atoms with E-state index in [1.165, 1.54) is 7.11 Å². The zero-order valence-corrected chi connectivity index (χ0v) is 16.0. The highest BCUT2D eigenvalue weighted by Gasteiger charge is 2.34. The summed E-state index contributed by atoms with van der Waals surface area (Å²) in [4.78, 5) is 19.7. The van der Waals surface area contributed by atoms with Crippen LogP contribution in [0.15, 0.2) is 12.5 Å². The molecule has 0 aliphatic carbocycles. The first kappa shape index (κ1) is 17.4. The number of aromatic nitrogens is 6. The summed E-state index contributed by atoms with van der Waals surface area (Å²) >= 11 is 0. The van der Waals surface area contributed by atoms with Crippen molar-refractivity contribution in [1.82, 2.24) is 30.1 Å². The lowest BCUT2D eigenvalue weighted by atomic mass is 9.87. The Labute approximate surface area is 157 Å². The van der Waals surface area contributed by atoms with Gasteiger partial charge in [0.1, 0.15) is 12.1 Å². The maximum absolute atomic E-state index is 5.44. The van der Waals surface area contributed by atoms with Crippen molar-refractivity contribution >= 4 is 16.9 Å². The number of rotatable bonds is 5. The average Bonchev–Trinajstić information content (AvgIpc) is 3.31. The van der Waals surface area contributed by atoms with E-state index in [2.05, 4.69) is 48.9 Å². The molecular formula is C18H23N7O2. The Balaban J connectivity index is 1.85. The van der Waals surface area contributed by atoms with Gasteiger partial charge in [0.15, 0.2) is 5.65 Å². The van der Waals surface area contributed by atoms with Crippen molar-refractivity contribution < 1.29 is 9.47 Å². The Hall–Kier alpha value is -2.97. The second kappa shape index (κ2) is 6.64. The molecule has 0 saturated carbocycles. The summed E-state index contributed by atoms with van der Waals surface area (Å²) in [6.45, 7) is 6.47. The van der Waals surface area contributed by atoms with E-state index in [-0.39, 0.29) is 6.01 Å². The summed E-state index contributed by atoms with van der Waals surface area (Å²) in [5.41, 5.74) is 2.33. The van der Waals surface area contributed by atoms with Gasteiger partial charge in [-0.1, -0.05) is 13.8 Å². The Kier molecular flexibility index (Phi) is 4.29. The van der Waals surface area contributed by atoms with Gasteiger partial charge in [-0.25, -0.2) is 15.0 Å². The van der Waals surface area contributed by atoms with Crippen molar-refractivity contribution in [2.24, 2.45) is 5.41 Å². The minimum Gasteiger partial charge on any atom is -0.480 e. The van der Waals surface area contributed by atoms with Gasteiger partial charge in [0, 0.05) is 19.3 Å². The van der Waals surface area contributed by atoms with Gasteiger partial charge in [-0.3, -0.25) is 5.10 Å². The topological polar surface area (TPSA) is 102 Å². The lowest BCUT2D eigenvalue weighted by Gasteiger charge is -2.23. The first-order valence-electron chi connectivity index (χ1n) is 8.98. The van der Waals surface area contributed by atoms with Crippen molar-refractivity contribution in [2.75, 3.05) is 32.2 Å². The summed E-state index contributed by atoms with van der Waals surface area (Å²) in [5.74, 6) is 1.28. The molecule has 27 heavy (non-hydrogen) atoms. The highest BCUT2D eigenvalue weighted by molar-refractivity contribution is 5.99. The largest absolute Gasteiger partial charge is 0.480 e. The molecule has 0 aromatic carbocycles. The molecule has 3 aromatic heterocycles. The monoisotopic (exact) mass is 369 g/mol. The van der Waals surface area contributed by atoms with E-state index in [1.54, 1.807) is 19.6 Å². The van der Waals surface area contributed by atoms with Gasteiger partial charge >= 0.3 is 6.01 Å². The molecule has 1 atom stereocenters. The number of nitrogens with zero attached hydrogens (tertiary/aromatic N) is 6. The standard InChI is InChI=1S/C18H23N7O2/c1-5-18(2)6-7-25(9-18)15-12-13(23-24-14(12)20-10-21-15)11-8-19-17(27-4)22-16(11)26-3/h8,10H,5-7,9H2,1-4H3,(H,20,21,23,24). The van der Waals surface area contributed by atoms with E-state index in [9.17, 15) is 0 Å². The number of nitrogens with one attached hydrogen (secondary N) is 1. The number of H-pyrrole nitrogens is 1. The Morgan fingerprint density at radius 3 is 2.78 bits per heavy atom. The van der Waals surface area contributed by atoms with Crippen LogP contribution in [0.2, 0.25) is 0 Å². The molecule has 1 fully saturated rings. The molecule has 4 heterocycles. The molecule has 1 saturated heterocycles. The van der Waals surface area contributed by atoms with Crippen molar-refractivity contribution in [3.05, 3.63) is 12.5 Å². The number of methoxy groups -OCH3 is 2. The van der Waals surface area contributed by atoms with Crippen molar-refractivity contribution in [2.45, 2.75) is 26.7 Å². The zero-order chi connectivity index (χ0) is 19.0. The number of hydrogen-bond donors (Lipinski definition) is 1. The van der Waals surface area contributed by atoms with Gasteiger partial charge in [-0.2, -0.15) is 10.1 Å². The fraction of sp³-hybridized carbons (Fsp3) is 0.500. The molecule has 9 nitrogen and oxygen atoms in total. The first-order chi connectivity index (χ1) is 13.1. The van der Waals surface area contributed by atoms with Crippen LogP contribution in [0.1, 0.15) is 26.7 Å². The zero-order valence-electron chi connectivity index (χ0n) is 16.0. The van der Waals surface area contributed by atoms with Crippen LogP contribution in [-0.4, -0.2) is 57.4 Å². The molecule has 0 bridgehead atoms. The van der Waals surface area contributed by atoms with Gasteiger partial charge in [-0.15, -0.1) is 0 Å². The predicted molar refractivity (Wildman–Crippen MR) is 101 cm³/mol. The SMILES string of the molecule is CCC1(C)CCN(c2ncnc3n[nH]c(-c4cnc(OC)nc4OC)c23)C1. The van der Waals surface area contributed by atoms with Crippen molar-refractivity contribution in [3.63, 3.8) is 0 Å². The van der Waals surface area contributed by atoms with E-state index in [4.69, 9.17) is 9.47 Å². The first-order valence-corrected chi connectivity index (χ1v) is 8.98. The van der Waals surface area contributed by atoms with Crippen molar-refractivity contribution in [3.8, 4) is 23.1 Å². The van der Waals surface area contributed by atoms with Crippen LogP contribution in [0.3, 0.4) is 0 Å². The average molecular weight is 369 g/mol. The third kappa shape index (κ3) is 2.92. The molecule has 0 amide bonds. The maximum Gasteiger partial charge on any atom is 0.319 e. The molecule has 1 unspecified atom stereocenters. The summed E-state index contributed by atoms with van der Waals surface area (Å²) in [6.07, 6.45) is 5.49. The maximum atomic E-state index is 5.44. The second-order valence-electron chi connectivity index (χ2n) is 7.11. The summed E-state index contributed by atoms with van der Waals surface area (Å²) in [6, 6.07) is 0.245. The van der Waals surface area contributed by atoms with Crippen molar-refractivity contribution in [1.29, 1.82) is 0 Å². The highest BCUT2D eigenvalue weighted by atomic mass is 16.5. The van der Waals surface area contributed by atoms with Gasteiger partial charge in [-0.05, 0) is 18.3 Å².